The highest BCUT2D eigenvalue weighted by molar-refractivity contribution is 5.75. The highest BCUT2D eigenvalue weighted by Crippen LogP contribution is 2.33. The van der Waals surface area contributed by atoms with E-state index in [2.05, 4.69) is 19.9 Å². The number of nitrogens with one attached hydrogen (secondary N) is 1. The molecule has 1 saturated heterocycles. The van der Waals surface area contributed by atoms with Gasteiger partial charge in [-0.3, -0.25) is 0 Å². The number of fused-ring (bicyclic) bond motifs is 1. The molecular weight excluding hydrogens is 268 g/mol. The van der Waals surface area contributed by atoms with Gasteiger partial charge in [-0.25, -0.2) is 9.97 Å². The molecule has 2 aromatic heterocycles. The zero-order valence-corrected chi connectivity index (χ0v) is 10.6. The molecule has 0 bridgehead atoms. The average Bonchev–Trinajstić information content (AvgIpc) is 3.04. The van der Waals surface area contributed by atoms with Gasteiger partial charge in [0.25, 0.3) is 0 Å². The second kappa shape index (κ2) is 4.94. The van der Waals surface area contributed by atoms with Gasteiger partial charge in [-0.15, -0.1) is 0 Å². The van der Waals surface area contributed by atoms with Crippen molar-refractivity contribution in [3.05, 3.63) is 12.2 Å². The quantitative estimate of drug-likeness (QED) is 0.535. The van der Waals surface area contributed by atoms with Crippen molar-refractivity contribution in [1.82, 2.24) is 19.9 Å². The topological polar surface area (TPSA) is 134 Å². The Labute approximate surface area is 113 Å². The molecule has 3 rings (SSSR count). The third-order valence-electron chi connectivity index (χ3n) is 3.26. The van der Waals surface area contributed by atoms with Gasteiger partial charge in [0.15, 0.2) is 11.5 Å². The Morgan fingerprint density at radius 1 is 1.35 bits per heavy atom. The molecule has 9 nitrogen and oxygen atoms in total. The summed E-state index contributed by atoms with van der Waals surface area (Å²) in [7, 11) is 1.45. The predicted molar refractivity (Wildman–Crippen MR) is 64.9 cm³/mol. The zero-order chi connectivity index (χ0) is 14.3. The summed E-state index contributed by atoms with van der Waals surface area (Å²) in [5.74, 6) is 0.407. The number of H-pyrrole nitrogens is 1. The van der Waals surface area contributed by atoms with Crippen molar-refractivity contribution in [1.29, 1.82) is 0 Å². The van der Waals surface area contributed by atoms with Crippen molar-refractivity contribution in [2.24, 2.45) is 0 Å². The predicted octanol–water partition coefficient (Wildman–Crippen LogP) is -1.48. The molecule has 0 aromatic carbocycles. The molecule has 3 heterocycles. The van der Waals surface area contributed by atoms with Crippen molar-refractivity contribution >= 4 is 11.2 Å². The molecule has 9 heteroatoms. The maximum absolute atomic E-state index is 9.96. The lowest BCUT2D eigenvalue weighted by molar-refractivity contribution is -0.0253. The normalized spacial score (nSPS) is 30.0. The standard InChI is InChI=1S/C11H14N4O5/c1-19-11-5-9(13-3-12-5)14-10(15-11)8-7(18)6(17)4(2-16)20-8/h3-4,6-8,16-18H,2H2,1H3,(H,12,13,14,15)/t4-,6-,7+,8-/m1/s1. The Bertz CT molecular complexity index is 618. The third kappa shape index (κ3) is 1.91. The molecule has 1 aliphatic heterocycles. The van der Waals surface area contributed by atoms with Crippen LogP contribution in [0.1, 0.15) is 11.9 Å². The number of hydrogen-bond acceptors (Lipinski definition) is 8. The summed E-state index contributed by atoms with van der Waals surface area (Å²) < 4.78 is 10.5. The summed E-state index contributed by atoms with van der Waals surface area (Å²) in [4.78, 5) is 15.2. The van der Waals surface area contributed by atoms with Gasteiger partial charge < -0.3 is 29.8 Å². The minimum absolute atomic E-state index is 0.143. The highest BCUT2D eigenvalue weighted by atomic mass is 16.6. The minimum Gasteiger partial charge on any atom is -0.479 e. The summed E-state index contributed by atoms with van der Waals surface area (Å²) in [6, 6.07) is 0. The van der Waals surface area contributed by atoms with Crippen LogP contribution in [0.15, 0.2) is 6.33 Å². The Hall–Kier alpha value is -1.81. The number of aromatic nitrogens is 4. The van der Waals surface area contributed by atoms with Crippen LogP contribution in [0.25, 0.3) is 11.2 Å². The first-order chi connectivity index (χ1) is 9.65. The summed E-state index contributed by atoms with van der Waals surface area (Å²) >= 11 is 0. The Balaban J connectivity index is 2.02. The molecule has 4 atom stereocenters. The van der Waals surface area contributed by atoms with Crippen molar-refractivity contribution < 1.29 is 24.8 Å². The van der Waals surface area contributed by atoms with Gasteiger partial charge in [-0.1, -0.05) is 0 Å². The fourth-order valence-corrected chi connectivity index (χ4v) is 2.21. The van der Waals surface area contributed by atoms with Crippen LogP contribution in [0, 0.1) is 0 Å². The lowest BCUT2D eigenvalue weighted by atomic mass is 10.1. The number of rotatable bonds is 3. The number of imidazole rings is 1. The number of aliphatic hydroxyl groups excluding tert-OH is 3. The van der Waals surface area contributed by atoms with E-state index in [1.165, 1.54) is 13.4 Å². The van der Waals surface area contributed by atoms with Crippen LogP contribution in [-0.2, 0) is 4.74 Å². The van der Waals surface area contributed by atoms with E-state index in [1.54, 1.807) is 0 Å². The Morgan fingerprint density at radius 3 is 2.80 bits per heavy atom. The van der Waals surface area contributed by atoms with Crippen LogP contribution < -0.4 is 4.74 Å². The summed E-state index contributed by atoms with van der Waals surface area (Å²) in [6.45, 7) is -0.406. The van der Waals surface area contributed by atoms with Crippen LogP contribution in [-0.4, -0.2) is 67.3 Å². The van der Waals surface area contributed by atoms with E-state index >= 15 is 0 Å². The molecule has 0 spiro atoms. The first-order valence-electron chi connectivity index (χ1n) is 6.03. The molecule has 108 valence electrons. The largest absolute Gasteiger partial charge is 0.479 e. The Kier molecular flexibility index (Phi) is 3.26. The zero-order valence-electron chi connectivity index (χ0n) is 10.6. The monoisotopic (exact) mass is 282 g/mol. The van der Waals surface area contributed by atoms with E-state index in [4.69, 9.17) is 14.6 Å². The van der Waals surface area contributed by atoms with E-state index in [1.807, 2.05) is 0 Å². The lowest BCUT2D eigenvalue weighted by Gasteiger charge is -2.13. The number of nitrogens with zero attached hydrogens (tertiary/aromatic N) is 3. The van der Waals surface area contributed by atoms with E-state index in [-0.39, 0.29) is 11.7 Å². The van der Waals surface area contributed by atoms with E-state index in [0.717, 1.165) is 0 Å². The van der Waals surface area contributed by atoms with Crippen LogP contribution >= 0.6 is 0 Å². The van der Waals surface area contributed by atoms with Crippen molar-refractivity contribution in [2.45, 2.75) is 24.4 Å². The molecule has 20 heavy (non-hydrogen) atoms. The average molecular weight is 282 g/mol. The van der Waals surface area contributed by atoms with E-state index in [0.29, 0.717) is 11.2 Å². The maximum atomic E-state index is 9.96. The van der Waals surface area contributed by atoms with Crippen LogP contribution in [0.4, 0.5) is 0 Å². The van der Waals surface area contributed by atoms with Gasteiger partial charge in [-0.05, 0) is 0 Å². The smallest absolute Gasteiger partial charge is 0.243 e. The van der Waals surface area contributed by atoms with Gasteiger partial charge >= 0.3 is 0 Å². The van der Waals surface area contributed by atoms with Crippen LogP contribution in [0.2, 0.25) is 0 Å². The molecule has 0 amide bonds. The van der Waals surface area contributed by atoms with E-state index < -0.39 is 31.0 Å². The number of ether oxygens (including phenoxy) is 2. The first kappa shape index (κ1) is 13.2. The number of aliphatic hydroxyl groups is 3. The fourth-order valence-electron chi connectivity index (χ4n) is 2.21. The number of aromatic amines is 1. The summed E-state index contributed by atoms with van der Waals surface area (Å²) in [5, 5.41) is 28.8. The second-order valence-electron chi connectivity index (χ2n) is 4.45. The fraction of sp³-hybridized carbons (Fsp3) is 0.545. The van der Waals surface area contributed by atoms with Gasteiger partial charge in [0.05, 0.1) is 20.0 Å². The van der Waals surface area contributed by atoms with Crippen LogP contribution in [0.3, 0.4) is 0 Å². The lowest BCUT2D eigenvalue weighted by Crippen LogP contribution is -2.32. The molecular formula is C11H14N4O5. The minimum atomic E-state index is -1.23. The third-order valence-corrected chi connectivity index (χ3v) is 3.26. The van der Waals surface area contributed by atoms with Gasteiger partial charge in [0.2, 0.25) is 5.88 Å². The first-order valence-corrected chi connectivity index (χ1v) is 6.03. The SMILES string of the molecule is COc1nc([C@@H]2O[C@H](CO)[C@@H](O)[C@@H]2O)nc2nc[nH]c12. The van der Waals surface area contributed by atoms with Crippen molar-refractivity contribution in [3.63, 3.8) is 0 Å². The molecule has 0 saturated carbocycles. The van der Waals surface area contributed by atoms with Gasteiger partial charge in [0.1, 0.15) is 29.9 Å². The molecule has 1 fully saturated rings. The number of methoxy groups -OCH3 is 1. The summed E-state index contributed by atoms with van der Waals surface area (Å²) in [6.07, 6.45) is -2.80. The van der Waals surface area contributed by atoms with Crippen molar-refractivity contribution in [3.8, 4) is 5.88 Å². The van der Waals surface area contributed by atoms with Gasteiger partial charge in [0, 0.05) is 0 Å². The molecule has 2 aromatic rings. The highest BCUT2D eigenvalue weighted by Gasteiger charge is 2.44. The number of hydrogen-bond donors (Lipinski definition) is 4. The van der Waals surface area contributed by atoms with Crippen molar-refractivity contribution in [2.75, 3.05) is 13.7 Å². The van der Waals surface area contributed by atoms with Crippen LogP contribution in [0.5, 0.6) is 5.88 Å². The summed E-state index contributed by atoms with van der Waals surface area (Å²) in [5.41, 5.74) is 0.896. The van der Waals surface area contributed by atoms with Gasteiger partial charge in [-0.2, -0.15) is 4.98 Å². The molecule has 4 N–H and O–H groups in total. The molecule has 1 aliphatic rings. The Morgan fingerprint density at radius 2 is 2.15 bits per heavy atom. The molecule has 0 unspecified atom stereocenters. The second-order valence-corrected chi connectivity index (χ2v) is 4.45. The van der Waals surface area contributed by atoms with E-state index in [9.17, 15) is 10.2 Å². The molecule has 0 aliphatic carbocycles. The molecule has 0 radical (unpaired) electrons. The maximum Gasteiger partial charge on any atom is 0.243 e.